The number of fused-ring (bicyclic) bond motifs is 1. The van der Waals surface area contributed by atoms with Crippen molar-refractivity contribution in [3.05, 3.63) is 42.0 Å². The molecule has 1 aliphatic heterocycles. The van der Waals surface area contributed by atoms with E-state index in [0.717, 1.165) is 42.6 Å². The third-order valence-electron chi connectivity index (χ3n) is 3.44. The van der Waals surface area contributed by atoms with Gasteiger partial charge in [-0.1, -0.05) is 6.07 Å². The highest BCUT2D eigenvalue weighted by Gasteiger charge is 2.23. The second kappa shape index (κ2) is 4.29. The second-order valence-electron chi connectivity index (χ2n) is 4.56. The normalized spacial score (nSPS) is 14.2. The number of aromatic carboxylic acids is 1. The maximum Gasteiger partial charge on any atom is 0.338 e. The summed E-state index contributed by atoms with van der Waals surface area (Å²) in [5.74, 6) is -0.843. The van der Waals surface area contributed by atoms with Gasteiger partial charge in [-0.15, -0.1) is 0 Å². The maximum absolute atomic E-state index is 11.5. The van der Waals surface area contributed by atoms with Gasteiger partial charge in [0.2, 0.25) is 0 Å². The minimum atomic E-state index is -0.843. The number of nitrogens with zero attached hydrogens (tertiary/aromatic N) is 2. The highest BCUT2D eigenvalue weighted by atomic mass is 16.4. The van der Waals surface area contributed by atoms with Gasteiger partial charge in [-0.2, -0.15) is 0 Å². The Balaban J connectivity index is 2.20. The lowest BCUT2D eigenvalue weighted by atomic mass is 10.0. The molecule has 0 radical (unpaired) electrons. The fraction of sp³-hybridized carbons (Fsp3) is 0.286. The zero-order valence-corrected chi connectivity index (χ0v) is 9.97. The van der Waals surface area contributed by atoms with Gasteiger partial charge < -0.3 is 9.67 Å². The van der Waals surface area contributed by atoms with Crippen LogP contribution in [0.1, 0.15) is 28.9 Å². The van der Waals surface area contributed by atoms with E-state index in [2.05, 4.69) is 9.55 Å². The van der Waals surface area contributed by atoms with Crippen LogP contribution in [0.15, 0.2) is 30.7 Å². The molecular weight excluding hydrogens is 228 g/mol. The van der Waals surface area contributed by atoms with Crippen LogP contribution in [-0.2, 0) is 13.0 Å². The summed E-state index contributed by atoms with van der Waals surface area (Å²) in [6, 6.07) is 3.73. The number of hydrogen-bond donors (Lipinski definition) is 1. The highest BCUT2D eigenvalue weighted by Crippen LogP contribution is 2.31. The first-order valence-corrected chi connectivity index (χ1v) is 6.13. The number of carbonyl (C=O) groups is 1. The van der Waals surface area contributed by atoms with E-state index in [0.29, 0.717) is 5.56 Å². The van der Waals surface area contributed by atoms with Crippen molar-refractivity contribution >= 4 is 5.97 Å². The summed E-state index contributed by atoms with van der Waals surface area (Å²) in [4.78, 5) is 15.6. The van der Waals surface area contributed by atoms with Crippen LogP contribution in [0.4, 0.5) is 0 Å². The van der Waals surface area contributed by atoms with E-state index in [1.807, 2.05) is 18.3 Å². The van der Waals surface area contributed by atoms with Gasteiger partial charge in [0.15, 0.2) is 0 Å². The molecule has 4 heteroatoms. The highest BCUT2D eigenvalue weighted by molar-refractivity contribution is 5.97. The lowest BCUT2D eigenvalue weighted by Gasteiger charge is -2.15. The maximum atomic E-state index is 11.5. The number of aryl methyl sites for hydroxylation is 1. The Labute approximate surface area is 105 Å². The predicted molar refractivity (Wildman–Crippen MR) is 67.6 cm³/mol. The van der Waals surface area contributed by atoms with Crippen molar-refractivity contribution in [2.45, 2.75) is 25.8 Å². The van der Waals surface area contributed by atoms with Gasteiger partial charge in [0.1, 0.15) is 0 Å². The van der Waals surface area contributed by atoms with Crippen molar-refractivity contribution < 1.29 is 9.90 Å². The molecule has 0 spiro atoms. The van der Waals surface area contributed by atoms with Crippen LogP contribution in [0.5, 0.6) is 0 Å². The second-order valence-corrected chi connectivity index (χ2v) is 4.56. The van der Waals surface area contributed by atoms with Crippen LogP contribution in [0.25, 0.3) is 11.1 Å². The standard InChI is InChI=1S/C14H14N2O2/c17-14(18)13-11(10-4-3-6-15-8-10)9-16-7-2-1-5-12(13)16/h3-4,6,8-9H,1-2,5,7H2,(H,17,18). The molecule has 0 bridgehead atoms. The summed E-state index contributed by atoms with van der Waals surface area (Å²) in [5, 5.41) is 9.44. The van der Waals surface area contributed by atoms with E-state index in [9.17, 15) is 9.90 Å². The van der Waals surface area contributed by atoms with E-state index < -0.39 is 5.97 Å². The van der Waals surface area contributed by atoms with Crippen LogP contribution >= 0.6 is 0 Å². The molecule has 18 heavy (non-hydrogen) atoms. The smallest absolute Gasteiger partial charge is 0.338 e. The number of carboxylic acids is 1. The predicted octanol–water partition coefficient (Wildman–Crippen LogP) is 2.58. The Morgan fingerprint density at radius 2 is 2.28 bits per heavy atom. The van der Waals surface area contributed by atoms with Crippen LogP contribution in [0, 0.1) is 0 Å². The molecule has 3 rings (SSSR count). The van der Waals surface area contributed by atoms with E-state index in [1.54, 1.807) is 12.4 Å². The number of pyridine rings is 1. The van der Waals surface area contributed by atoms with Gasteiger partial charge in [0.05, 0.1) is 5.56 Å². The Hall–Kier alpha value is -2.10. The van der Waals surface area contributed by atoms with Crippen molar-refractivity contribution in [1.82, 2.24) is 9.55 Å². The fourth-order valence-electron chi connectivity index (χ4n) is 2.62. The Bertz CT molecular complexity index is 587. The SMILES string of the molecule is O=C(O)c1c(-c2cccnc2)cn2c1CCCC2. The molecule has 0 aromatic carbocycles. The van der Waals surface area contributed by atoms with Crippen LogP contribution in [-0.4, -0.2) is 20.6 Å². The number of hydrogen-bond acceptors (Lipinski definition) is 2. The minimum Gasteiger partial charge on any atom is -0.478 e. The van der Waals surface area contributed by atoms with Gasteiger partial charge in [0.25, 0.3) is 0 Å². The molecule has 0 aliphatic carbocycles. The molecule has 0 fully saturated rings. The summed E-state index contributed by atoms with van der Waals surface area (Å²) in [5.41, 5.74) is 3.06. The van der Waals surface area contributed by atoms with Crippen LogP contribution in [0.3, 0.4) is 0 Å². The Morgan fingerprint density at radius 3 is 3.00 bits per heavy atom. The molecule has 4 nitrogen and oxygen atoms in total. The quantitative estimate of drug-likeness (QED) is 0.880. The first-order valence-electron chi connectivity index (χ1n) is 6.13. The van der Waals surface area contributed by atoms with Crippen molar-refractivity contribution in [3.8, 4) is 11.1 Å². The van der Waals surface area contributed by atoms with Gasteiger partial charge in [0, 0.05) is 42.0 Å². The largest absolute Gasteiger partial charge is 0.478 e. The molecule has 0 saturated carbocycles. The monoisotopic (exact) mass is 242 g/mol. The number of carboxylic acid groups (broad SMARTS) is 1. The van der Waals surface area contributed by atoms with Gasteiger partial charge >= 0.3 is 5.97 Å². The van der Waals surface area contributed by atoms with Crippen LogP contribution < -0.4 is 0 Å². The molecule has 2 aromatic rings. The van der Waals surface area contributed by atoms with Crippen molar-refractivity contribution in [3.63, 3.8) is 0 Å². The van der Waals surface area contributed by atoms with E-state index in [-0.39, 0.29) is 0 Å². The summed E-state index contributed by atoms with van der Waals surface area (Å²) >= 11 is 0. The summed E-state index contributed by atoms with van der Waals surface area (Å²) in [7, 11) is 0. The van der Waals surface area contributed by atoms with E-state index in [1.165, 1.54) is 0 Å². The average molecular weight is 242 g/mol. The number of rotatable bonds is 2. The average Bonchev–Trinajstić information content (AvgIpc) is 2.79. The summed E-state index contributed by atoms with van der Waals surface area (Å²) in [6.45, 7) is 0.913. The van der Waals surface area contributed by atoms with Crippen molar-refractivity contribution in [2.24, 2.45) is 0 Å². The first-order chi connectivity index (χ1) is 8.77. The molecule has 92 valence electrons. The molecule has 3 heterocycles. The van der Waals surface area contributed by atoms with E-state index >= 15 is 0 Å². The third kappa shape index (κ3) is 1.70. The third-order valence-corrected chi connectivity index (χ3v) is 3.44. The lowest BCUT2D eigenvalue weighted by molar-refractivity contribution is 0.0696. The molecule has 1 aliphatic rings. The topological polar surface area (TPSA) is 55.1 Å². The Kier molecular flexibility index (Phi) is 2.63. The van der Waals surface area contributed by atoms with E-state index in [4.69, 9.17) is 0 Å². The lowest BCUT2D eigenvalue weighted by Crippen LogP contribution is -2.12. The zero-order chi connectivity index (χ0) is 12.5. The van der Waals surface area contributed by atoms with Gasteiger partial charge in [-0.25, -0.2) is 4.79 Å². The molecule has 2 aromatic heterocycles. The van der Waals surface area contributed by atoms with Crippen molar-refractivity contribution in [1.29, 1.82) is 0 Å². The molecule has 0 unspecified atom stereocenters. The molecular formula is C14H14N2O2. The minimum absolute atomic E-state index is 0.447. The van der Waals surface area contributed by atoms with Crippen molar-refractivity contribution in [2.75, 3.05) is 0 Å². The summed E-state index contributed by atoms with van der Waals surface area (Å²) in [6.07, 6.45) is 8.40. The molecule has 0 saturated heterocycles. The van der Waals surface area contributed by atoms with Gasteiger partial charge in [-0.05, 0) is 25.3 Å². The Morgan fingerprint density at radius 1 is 1.39 bits per heavy atom. The number of aromatic nitrogens is 2. The molecule has 0 amide bonds. The van der Waals surface area contributed by atoms with Crippen LogP contribution in [0.2, 0.25) is 0 Å². The molecule has 1 N–H and O–H groups in total. The zero-order valence-electron chi connectivity index (χ0n) is 9.97. The fourth-order valence-corrected chi connectivity index (χ4v) is 2.62. The molecule has 0 atom stereocenters. The first kappa shape index (κ1) is 11.0. The van der Waals surface area contributed by atoms with Gasteiger partial charge in [-0.3, -0.25) is 4.98 Å². The summed E-state index contributed by atoms with van der Waals surface area (Å²) < 4.78 is 2.08.